The van der Waals surface area contributed by atoms with E-state index in [2.05, 4.69) is 62.9 Å². The average molecular weight is 346 g/mol. The minimum Gasteiger partial charge on any atom is -0.355 e. The average Bonchev–Trinajstić information content (AvgIpc) is 2.30. The minimum atomic E-state index is 0.574. The van der Waals surface area contributed by atoms with Gasteiger partial charge in [-0.25, -0.2) is 0 Å². The molecule has 1 aliphatic rings. The monoisotopic (exact) mass is 346 g/mol. The van der Waals surface area contributed by atoms with Crippen molar-refractivity contribution >= 4 is 28.4 Å². The van der Waals surface area contributed by atoms with E-state index in [0.29, 0.717) is 12.1 Å². The predicted octanol–water partition coefficient (Wildman–Crippen LogP) is 2.05. The van der Waals surface area contributed by atoms with Crippen molar-refractivity contribution in [3.05, 3.63) is 15.8 Å². The van der Waals surface area contributed by atoms with E-state index in [0.717, 1.165) is 22.6 Å². The molecular formula is C12H19IN4. The molecule has 0 radical (unpaired) electrons. The molecule has 4 nitrogen and oxygen atoms in total. The minimum absolute atomic E-state index is 0.574. The Bertz CT molecular complexity index is 344. The molecule has 0 amide bonds. The van der Waals surface area contributed by atoms with Crippen LogP contribution in [0.5, 0.6) is 0 Å². The number of rotatable bonds is 3. The van der Waals surface area contributed by atoms with Gasteiger partial charge in [-0.15, -0.1) is 10.2 Å². The molecule has 0 atom stereocenters. The molecule has 1 aromatic heterocycles. The van der Waals surface area contributed by atoms with E-state index in [1.807, 2.05) is 6.07 Å². The fourth-order valence-corrected chi connectivity index (χ4v) is 2.51. The summed E-state index contributed by atoms with van der Waals surface area (Å²) in [6, 6.07) is 5.31. The summed E-state index contributed by atoms with van der Waals surface area (Å²) in [6.07, 6.45) is 2.37. The van der Waals surface area contributed by atoms with E-state index < -0.39 is 0 Å². The number of hydrogen-bond acceptors (Lipinski definition) is 4. The van der Waals surface area contributed by atoms with Gasteiger partial charge in [-0.1, -0.05) is 13.8 Å². The van der Waals surface area contributed by atoms with E-state index in [9.17, 15) is 0 Å². The van der Waals surface area contributed by atoms with E-state index in [1.54, 1.807) is 0 Å². The Morgan fingerprint density at radius 1 is 1.29 bits per heavy atom. The van der Waals surface area contributed by atoms with Crippen LogP contribution in [0, 0.1) is 3.70 Å². The Morgan fingerprint density at radius 2 is 2.00 bits per heavy atom. The highest BCUT2D eigenvalue weighted by molar-refractivity contribution is 14.1. The highest BCUT2D eigenvalue weighted by Gasteiger charge is 2.20. The Kier molecular flexibility index (Phi) is 4.55. The molecule has 1 aromatic rings. The maximum Gasteiger partial charge on any atom is 0.151 e. The van der Waals surface area contributed by atoms with Crippen molar-refractivity contribution in [2.24, 2.45) is 0 Å². The van der Waals surface area contributed by atoms with Crippen molar-refractivity contribution in [2.45, 2.75) is 38.8 Å². The number of anilines is 1. The van der Waals surface area contributed by atoms with Crippen molar-refractivity contribution in [2.75, 3.05) is 18.0 Å². The molecule has 1 aliphatic heterocycles. The molecule has 0 aliphatic carbocycles. The number of nitrogens with one attached hydrogen (secondary N) is 1. The Labute approximate surface area is 116 Å². The third kappa shape index (κ3) is 3.77. The molecule has 1 saturated heterocycles. The molecule has 17 heavy (non-hydrogen) atoms. The van der Waals surface area contributed by atoms with Gasteiger partial charge in [-0.3, -0.25) is 0 Å². The fraction of sp³-hybridized carbons (Fsp3) is 0.667. The van der Waals surface area contributed by atoms with Crippen LogP contribution in [-0.2, 0) is 0 Å². The second kappa shape index (κ2) is 5.95. The SMILES string of the molecule is CC(C)NC1CCN(c2ccc(I)nn2)CC1. The Balaban J connectivity index is 1.88. The molecule has 94 valence electrons. The number of piperidine rings is 1. The second-order valence-electron chi connectivity index (χ2n) is 4.80. The van der Waals surface area contributed by atoms with E-state index >= 15 is 0 Å². The molecule has 0 bridgehead atoms. The number of aromatic nitrogens is 2. The van der Waals surface area contributed by atoms with Gasteiger partial charge in [0.2, 0.25) is 0 Å². The highest BCUT2D eigenvalue weighted by Crippen LogP contribution is 2.17. The van der Waals surface area contributed by atoms with Gasteiger partial charge in [0.25, 0.3) is 0 Å². The molecule has 0 aromatic carbocycles. The molecule has 0 saturated carbocycles. The molecule has 1 N–H and O–H groups in total. The van der Waals surface area contributed by atoms with Crippen LogP contribution in [0.1, 0.15) is 26.7 Å². The summed E-state index contributed by atoms with van der Waals surface area (Å²) in [5.74, 6) is 1.01. The van der Waals surface area contributed by atoms with E-state index in [-0.39, 0.29) is 0 Å². The summed E-state index contributed by atoms with van der Waals surface area (Å²) in [4.78, 5) is 2.32. The van der Waals surface area contributed by atoms with E-state index in [4.69, 9.17) is 0 Å². The van der Waals surface area contributed by atoms with Gasteiger partial charge < -0.3 is 10.2 Å². The Morgan fingerprint density at radius 3 is 2.53 bits per heavy atom. The summed E-state index contributed by atoms with van der Waals surface area (Å²) in [5, 5.41) is 11.9. The highest BCUT2D eigenvalue weighted by atomic mass is 127. The quantitative estimate of drug-likeness (QED) is 0.851. The maximum absolute atomic E-state index is 4.24. The van der Waals surface area contributed by atoms with Crippen molar-refractivity contribution in [1.82, 2.24) is 15.5 Å². The first-order valence-electron chi connectivity index (χ1n) is 6.15. The number of halogens is 1. The molecule has 2 rings (SSSR count). The summed E-state index contributed by atoms with van der Waals surface area (Å²) in [6.45, 7) is 6.55. The first-order chi connectivity index (χ1) is 8.15. The molecule has 1 fully saturated rings. The van der Waals surface area contributed by atoms with Crippen molar-refractivity contribution in [3.8, 4) is 0 Å². The van der Waals surface area contributed by atoms with Gasteiger partial charge in [-0.05, 0) is 47.6 Å². The molecule has 2 heterocycles. The lowest BCUT2D eigenvalue weighted by atomic mass is 10.0. The van der Waals surface area contributed by atoms with Gasteiger partial charge >= 0.3 is 0 Å². The largest absolute Gasteiger partial charge is 0.355 e. The van der Waals surface area contributed by atoms with Gasteiger partial charge in [-0.2, -0.15) is 0 Å². The third-order valence-electron chi connectivity index (χ3n) is 3.01. The first-order valence-corrected chi connectivity index (χ1v) is 7.23. The molecule has 5 heteroatoms. The standard InChI is InChI=1S/C12H19IN4/c1-9(2)14-10-5-7-17(8-6-10)12-4-3-11(13)15-16-12/h3-4,9-10,14H,5-8H2,1-2H3. The van der Waals surface area contributed by atoms with Crippen LogP contribution in [0.2, 0.25) is 0 Å². The first kappa shape index (κ1) is 13.0. The molecule has 0 spiro atoms. The summed E-state index contributed by atoms with van der Waals surface area (Å²) in [5.41, 5.74) is 0. The Hall–Kier alpha value is -0.430. The lowest BCUT2D eigenvalue weighted by molar-refractivity contribution is 0.386. The summed E-state index contributed by atoms with van der Waals surface area (Å²) in [7, 11) is 0. The predicted molar refractivity (Wildman–Crippen MR) is 78.3 cm³/mol. The van der Waals surface area contributed by atoms with Crippen LogP contribution in [0.15, 0.2) is 12.1 Å². The van der Waals surface area contributed by atoms with Crippen LogP contribution in [0.25, 0.3) is 0 Å². The zero-order valence-corrected chi connectivity index (χ0v) is 12.5. The van der Waals surface area contributed by atoms with Crippen LogP contribution >= 0.6 is 22.6 Å². The summed E-state index contributed by atoms with van der Waals surface area (Å²) >= 11 is 2.18. The number of hydrogen-bond donors (Lipinski definition) is 1. The van der Waals surface area contributed by atoms with Crippen molar-refractivity contribution in [3.63, 3.8) is 0 Å². The van der Waals surface area contributed by atoms with Crippen LogP contribution in [0.3, 0.4) is 0 Å². The molecular weight excluding hydrogens is 327 g/mol. The maximum atomic E-state index is 4.24. The third-order valence-corrected chi connectivity index (χ3v) is 3.58. The zero-order valence-electron chi connectivity index (χ0n) is 10.4. The fourth-order valence-electron chi connectivity index (χ4n) is 2.22. The topological polar surface area (TPSA) is 41.0 Å². The van der Waals surface area contributed by atoms with Crippen LogP contribution in [-0.4, -0.2) is 35.4 Å². The normalized spacial score (nSPS) is 17.8. The van der Waals surface area contributed by atoms with Gasteiger partial charge in [0.05, 0.1) is 0 Å². The number of nitrogens with zero attached hydrogens (tertiary/aromatic N) is 3. The smallest absolute Gasteiger partial charge is 0.151 e. The lowest BCUT2D eigenvalue weighted by Gasteiger charge is -2.33. The second-order valence-corrected chi connectivity index (χ2v) is 5.90. The van der Waals surface area contributed by atoms with Crippen molar-refractivity contribution < 1.29 is 0 Å². The van der Waals surface area contributed by atoms with Gasteiger partial charge in [0.15, 0.2) is 5.82 Å². The van der Waals surface area contributed by atoms with Gasteiger partial charge in [0.1, 0.15) is 3.70 Å². The lowest BCUT2D eigenvalue weighted by Crippen LogP contribution is -2.45. The molecule has 0 unspecified atom stereocenters. The zero-order chi connectivity index (χ0) is 12.3. The van der Waals surface area contributed by atoms with Crippen molar-refractivity contribution in [1.29, 1.82) is 0 Å². The van der Waals surface area contributed by atoms with E-state index in [1.165, 1.54) is 12.8 Å². The van der Waals surface area contributed by atoms with Crippen LogP contribution in [0.4, 0.5) is 5.82 Å². The van der Waals surface area contributed by atoms with Gasteiger partial charge in [0, 0.05) is 25.2 Å². The van der Waals surface area contributed by atoms with Crippen LogP contribution < -0.4 is 10.2 Å². The summed E-state index contributed by atoms with van der Waals surface area (Å²) < 4.78 is 0.947.